The molecule has 32 heavy (non-hydrogen) atoms. The predicted molar refractivity (Wildman–Crippen MR) is 123 cm³/mol. The molecule has 0 amide bonds. The molecule has 2 heterocycles. The van der Waals surface area contributed by atoms with Gasteiger partial charge in [-0.25, -0.2) is 14.6 Å². The number of fused-ring (bicyclic) bond motifs is 1. The minimum atomic E-state index is -0.627. The monoisotopic (exact) mass is 500 g/mol. The van der Waals surface area contributed by atoms with Crippen LogP contribution in [0.2, 0.25) is 0 Å². The lowest BCUT2D eigenvalue weighted by atomic mass is 10.2. The van der Waals surface area contributed by atoms with Gasteiger partial charge < -0.3 is 4.74 Å². The minimum Gasteiger partial charge on any atom is -0.496 e. The summed E-state index contributed by atoms with van der Waals surface area (Å²) in [4.78, 5) is 31.2. The Bertz CT molecular complexity index is 1460. The maximum Gasteiger partial charge on any atom is 0.329 e. The molecule has 0 fully saturated rings. The molecule has 164 valence electrons. The highest BCUT2D eigenvalue weighted by atomic mass is 79.9. The van der Waals surface area contributed by atoms with Crippen LogP contribution in [0.3, 0.4) is 0 Å². The molecule has 0 radical (unpaired) electrons. The molecule has 0 spiro atoms. The first-order chi connectivity index (χ1) is 15.4. The molecule has 0 aliphatic heterocycles. The Morgan fingerprint density at radius 3 is 2.81 bits per heavy atom. The van der Waals surface area contributed by atoms with E-state index in [1.54, 1.807) is 31.4 Å². The Morgan fingerprint density at radius 1 is 1.28 bits per heavy atom. The molecule has 0 bridgehead atoms. The van der Waals surface area contributed by atoms with Crippen molar-refractivity contribution >= 4 is 39.3 Å². The normalized spacial score (nSPS) is 11.4. The number of hydrogen-bond donors (Lipinski definition) is 2. The average molecular weight is 501 g/mol. The number of hydrogen-bond acceptors (Lipinski definition) is 6. The SMILES string of the molecule is COc1ccc(Br)cc1/C=N/Nc1nc2c(c(=O)[nH]c(=O)n2C)n1Cc1ccccc1F. The van der Waals surface area contributed by atoms with Gasteiger partial charge in [0.2, 0.25) is 5.95 Å². The van der Waals surface area contributed by atoms with E-state index in [4.69, 9.17) is 4.74 Å². The first-order valence-corrected chi connectivity index (χ1v) is 10.2. The van der Waals surface area contributed by atoms with E-state index in [9.17, 15) is 14.0 Å². The van der Waals surface area contributed by atoms with Crippen LogP contribution in [0.15, 0.2) is 61.6 Å². The van der Waals surface area contributed by atoms with Crippen molar-refractivity contribution in [3.05, 3.63) is 84.7 Å². The Balaban J connectivity index is 1.80. The standard InChI is InChI=1S/C21H18BrFN6O3/c1-28-18-17(19(30)26-21(28)31)29(11-12-5-3-4-6-15(12)23)20(25-18)27-24-10-13-9-14(22)7-8-16(13)32-2/h3-10H,11H2,1-2H3,(H,25,27)(H,26,30,31)/b24-10+. The minimum absolute atomic E-state index is 0.00250. The van der Waals surface area contributed by atoms with E-state index >= 15 is 0 Å². The number of ether oxygens (including phenoxy) is 1. The van der Waals surface area contributed by atoms with Crippen LogP contribution >= 0.6 is 15.9 Å². The van der Waals surface area contributed by atoms with Crippen molar-refractivity contribution in [2.75, 3.05) is 12.5 Å². The smallest absolute Gasteiger partial charge is 0.329 e. The Kier molecular flexibility index (Phi) is 5.91. The van der Waals surface area contributed by atoms with Crippen molar-refractivity contribution in [2.24, 2.45) is 12.1 Å². The number of nitrogens with zero attached hydrogens (tertiary/aromatic N) is 4. The zero-order valence-electron chi connectivity index (χ0n) is 17.1. The van der Waals surface area contributed by atoms with Gasteiger partial charge in [0.1, 0.15) is 11.6 Å². The van der Waals surface area contributed by atoms with E-state index < -0.39 is 17.1 Å². The summed E-state index contributed by atoms with van der Waals surface area (Å²) < 4.78 is 23.2. The second-order valence-corrected chi connectivity index (χ2v) is 7.78. The summed E-state index contributed by atoms with van der Waals surface area (Å²) in [7, 11) is 3.04. The number of H-pyrrole nitrogens is 1. The molecular formula is C21H18BrFN6O3. The molecule has 9 nitrogen and oxygen atoms in total. The molecule has 0 saturated heterocycles. The topological polar surface area (TPSA) is 106 Å². The third kappa shape index (κ3) is 4.06. The van der Waals surface area contributed by atoms with Crippen LogP contribution in [0.5, 0.6) is 5.75 Å². The van der Waals surface area contributed by atoms with Gasteiger partial charge in [0, 0.05) is 22.6 Å². The van der Waals surface area contributed by atoms with E-state index in [1.165, 1.54) is 28.5 Å². The first-order valence-electron chi connectivity index (χ1n) is 9.44. The summed E-state index contributed by atoms with van der Waals surface area (Å²) in [6.07, 6.45) is 1.53. The number of nitrogens with one attached hydrogen (secondary N) is 2. The van der Waals surface area contributed by atoms with Gasteiger partial charge in [-0.1, -0.05) is 34.1 Å². The van der Waals surface area contributed by atoms with Crippen LogP contribution in [0.25, 0.3) is 11.2 Å². The molecule has 0 aliphatic rings. The molecule has 2 aromatic carbocycles. The fourth-order valence-electron chi connectivity index (χ4n) is 3.24. The Labute approximate surface area is 189 Å². The Hall–Kier alpha value is -3.73. The largest absolute Gasteiger partial charge is 0.496 e. The van der Waals surface area contributed by atoms with E-state index in [-0.39, 0.29) is 23.7 Å². The molecule has 4 aromatic rings. The summed E-state index contributed by atoms with van der Waals surface area (Å²) in [5.41, 5.74) is 2.87. The Morgan fingerprint density at radius 2 is 2.06 bits per heavy atom. The van der Waals surface area contributed by atoms with Crippen LogP contribution in [0.4, 0.5) is 10.3 Å². The van der Waals surface area contributed by atoms with Gasteiger partial charge in [-0.3, -0.25) is 18.9 Å². The number of rotatable bonds is 6. The first kappa shape index (κ1) is 21.5. The summed E-state index contributed by atoms with van der Waals surface area (Å²) in [5, 5.41) is 4.21. The van der Waals surface area contributed by atoms with E-state index in [2.05, 4.69) is 36.4 Å². The van der Waals surface area contributed by atoms with Crippen LogP contribution in [-0.2, 0) is 13.6 Å². The maximum atomic E-state index is 14.3. The maximum absolute atomic E-state index is 14.3. The summed E-state index contributed by atoms with van der Waals surface area (Å²) in [6, 6.07) is 11.7. The van der Waals surface area contributed by atoms with Gasteiger partial charge in [0.15, 0.2) is 11.2 Å². The molecule has 0 saturated carbocycles. The second-order valence-electron chi connectivity index (χ2n) is 6.86. The van der Waals surface area contributed by atoms with Crippen molar-refractivity contribution in [1.82, 2.24) is 19.1 Å². The predicted octanol–water partition coefficient (Wildman–Crippen LogP) is 2.83. The molecule has 2 N–H and O–H groups in total. The van der Waals surface area contributed by atoms with Gasteiger partial charge in [0.05, 0.1) is 19.9 Å². The molecule has 0 aliphatic carbocycles. The van der Waals surface area contributed by atoms with Gasteiger partial charge in [-0.05, 0) is 24.3 Å². The number of aromatic amines is 1. The van der Waals surface area contributed by atoms with Crippen molar-refractivity contribution in [1.29, 1.82) is 0 Å². The average Bonchev–Trinajstić information content (AvgIpc) is 3.13. The number of anilines is 1. The summed E-state index contributed by atoms with van der Waals surface area (Å²) in [5.74, 6) is 0.349. The van der Waals surface area contributed by atoms with Crippen LogP contribution in [-0.4, -0.2) is 32.4 Å². The number of aryl methyl sites for hydroxylation is 1. The van der Waals surface area contributed by atoms with Crippen LogP contribution < -0.4 is 21.4 Å². The van der Waals surface area contributed by atoms with Gasteiger partial charge >= 0.3 is 5.69 Å². The quantitative estimate of drug-likeness (QED) is 0.312. The van der Waals surface area contributed by atoms with E-state index in [1.807, 2.05) is 12.1 Å². The molecule has 0 unspecified atom stereocenters. The van der Waals surface area contributed by atoms with Crippen molar-refractivity contribution in [2.45, 2.75) is 6.54 Å². The molecule has 4 rings (SSSR count). The number of halogens is 2. The van der Waals surface area contributed by atoms with E-state index in [0.29, 0.717) is 16.9 Å². The zero-order valence-corrected chi connectivity index (χ0v) is 18.7. The van der Waals surface area contributed by atoms with E-state index in [0.717, 1.165) is 4.47 Å². The van der Waals surface area contributed by atoms with Gasteiger partial charge in [-0.2, -0.15) is 10.1 Å². The zero-order chi connectivity index (χ0) is 22.8. The van der Waals surface area contributed by atoms with Crippen molar-refractivity contribution in [3.63, 3.8) is 0 Å². The number of imidazole rings is 1. The highest BCUT2D eigenvalue weighted by Gasteiger charge is 2.18. The number of hydrazone groups is 1. The molecular weight excluding hydrogens is 483 g/mol. The number of aromatic nitrogens is 4. The fourth-order valence-corrected chi connectivity index (χ4v) is 3.62. The van der Waals surface area contributed by atoms with Gasteiger partial charge in [-0.15, -0.1) is 0 Å². The second kappa shape index (κ2) is 8.79. The number of methoxy groups -OCH3 is 1. The third-order valence-electron chi connectivity index (χ3n) is 4.85. The molecule has 2 aromatic heterocycles. The van der Waals surface area contributed by atoms with Crippen LogP contribution in [0, 0.1) is 5.82 Å². The third-order valence-corrected chi connectivity index (χ3v) is 5.35. The van der Waals surface area contributed by atoms with Crippen molar-refractivity contribution in [3.8, 4) is 5.75 Å². The number of benzene rings is 2. The lowest BCUT2D eigenvalue weighted by Crippen LogP contribution is -2.29. The molecule has 0 atom stereocenters. The lowest BCUT2D eigenvalue weighted by molar-refractivity contribution is 0.414. The summed E-state index contributed by atoms with van der Waals surface area (Å²) in [6.45, 7) is 0.00250. The van der Waals surface area contributed by atoms with Crippen molar-refractivity contribution < 1.29 is 9.13 Å². The summed E-state index contributed by atoms with van der Waals surface area (Å²) >= 11 is 3.40. The van der Waals surface area contributed by atoms with Gasteiger partial charge in [0.25, 0.3) is 5.56 Å². The fraction of sp³-hybridized carbons (Fsp3) is 0.143. The van der Waals surface area contributed by atoms with Crippen LogP contribution in [0.1, 0.15) is 11.1 Å². The highest BCUT2D eigenvalue weighted by Crippen LogP contribution is 2.22. The highest BCUT2D eigenvalue weighted by molar-refractivity contribution is 9.10. The lowest BCUT2D eigenvalue weighted by Gasteiger charge is -2.09. The molecule has 11 heteroatoms.